The molecule has 3 heterocycles. The van der Waals surface area contributed by atoms with Crippen LogP contribution in [0.3, 0.4) is 0 Å². The molecule has 0 saturated carbocycles. The average molecular weight is 411 g/mol. The lowest BCUT2D eigenvalue weighted by atomic mass is 10.0. The fourth-order valence-corrected chi connectivity index (χ4v) is 3.41. The third-order valence-electron chi connectivity index (χ3n) is 4.88. The number of aromatic nitrogens is 3. The molecule has 4 rings (SSSR count). The highest BCUT2D eigenvalue weighted by Gasteiger charge is 2.19. The summed E-state index contributed by atoms with van der Waals surface area (Å²) in [5, 5.41) is 3.70. The van der Waals surface area contributed by atoms with E-state index >= 15 is 0 Å². The molecule has 0 radical (unpaired) electrons. The molecule has 1 aliphatic heterocycles. The van der Waals surface area contributed by atoms with Gasteiger partial charge in [-0.3, -0.25) is 9.99 Å². The SMILES string of the molecule is C=NNc1c(-c2cc(F)cnc2N)cnc(=NCc2c(F)ccc3c2CCO3)n1C. The second kappa shape index (κ2) is 7.90. The number of nitrogens with zero attached hydrogens (tertiary/aromatic N) is 5. The van der Waals surface area contributed by atoms with Crippen molar-refractivity contribution in [2.45, 2.75) is 13.0 Å². The molecule has 0 unspecified atom stereocenters. The normalized spacial score (nSPS) is 13.1. The average Bonchev–Trinajstić information content (AvgIpc) is 3.21. The van der Waals surface area contributed by atoms with Crippen molar-refractivity contribution in [3.05, 3.63) is 59.0 Å². The van der Waals surface area contributed by atoms with Crippen LogP contribution in [0.2, 0.25) is 0 Å². The van der Waals surface area contributed by atoms with Crippen molar-refractivity contribution in [1.82, 2.24) is 14.5 Å². The van der Waals surface area contributed by atoms with Gasteiger partial charge in [0.2, 0.25) is 5.62 Å². The topological polar surface area (TPSA) is 103 Å². The highest BCUT2D eigenvalue weighted by Crippen LogP contribution is 2.31. The van der Waals surface area contributed by atoms with Gasteiger partial charge in [0.25, 0.3) is 0 Å². The zero-order chi connectivity index (χ0) is 21.3. The first-order valence-electron chi connectivity index (χ1n) is 9.12. The van der Waals surface area contributed by atoms with Crippen LogP contribution < -0.4 is 21.5 Å². The Hall–Kier alpha value is -3.82. The number of nitrogen functional groups attached to an aromatic ring is 1. The molecular weight excluding hydrogens is 392 g/mol. The summed E-state index contributed by atoms with van der Waals surface area (Å²) in [4.78, 5) is 12.6. The van der Waals surface area contributed by atoms with Crippen molar-refractivity contribution in [3.8, 4) is 16.9 Å². The van der Waals surface area contributed by atoms with E-state index in [4.69, 9.17) is 10.5 Å². The lowest BCUT2D eigenvalue weighted by Gasteiger charge is -2.15. The van der Waals surface area contributed by atoms with Crippen LogP contribution in [0.1, 0.15) is 11.1 Å². The molecule has 0 saturated heterocycles. The predicted octanol–water partition coefficient (Wildman–Crippen LogP) is 2.41. The summed E-state index contributed by atoms with van der Waals surface area (Å²) < 4.78 is 35.2. The Balaban J connectivity index is 1.79. The van der Waals surface area contributed by atoms with E-state index in [0.717, 1.165) is 11.8 Å². The van der Waals surface area contributed by atoms with Gasteiger partial charge in [0.1, 0.15) is 29.0 Å². The fourth-order valence-electron chi connectivity index (χ4n) is 3.41. The summed E-state index contributed by atoms with van der Waals surface area (Å²) in [5.41, 5.74) is 11.1. The van der Waals surface area contributed by atoms with Crippen LogP contribution in [-0.4, -0.2) is 27.9 Å². The van der Waals surface area contributed by atoms with E-state index in [1.807, 2.05) is 0 Å². The smallest absolute Gasteiger partial charge is 0.226 e. The van der Waals surface area contributed by atoms with E-state index in [0.29, 0.717) is 46.9 Å². The van der Waals surface area contributed by atoms with Gasteiger partial charge in [-0.25, -0.2) is 23.7 Å². The molecule has 3 aromatic rings. The molecule has 3 N–H and O–H groups in total. The Morgan fingerprint density at radius 1 is 1.27 bits per heavy atom. The van der Waals surface area contributed by atoms with Crippen LogP contribution in [0.25, 0.3) is 11.1 Å². The molecule has 0 atom stereocenters. The lowest BCUT2D eigenvalue weighted by molar-refractivity contribution is 0.356. The molecular formula is C20H19F2N7O. The van der Waals surface area contributed by atoms with Gasteiger partial charge >= 0.3 is 0 Å². The van der Waals surface area contributed by atoms with Crippen LogP contribution in [0, 0.1) is 11.6 Å². The Morgan fingerprint density at radius 3 is 2.90 bits per heavy atom. The van der Waals surface area contributed by atoms with Gasteiger partial charge in [-0.05, 0) is 18.2 Å². The number of halogens is 2. The number of nitrogens with two attached hydrogens (primary N) is 1. The number of ether oxygens (including phenoxy) is 1. The summed E-state index contributed by atoms with van der Waals surface area (Å²) >= 11 is 0. The number of hydrazone groups is 1. The van der Waals surface area contributed by atoms with Gasteiger partial charge < -0.3 is 10.5 Å². The summed E-state index contributed by atoms with van der Waals surface area (Å²) in [5.74, 6) is 0.370. The molecule has 1 aromatic carbocycles. The first-order valence-corrected chi connectivity index (χ1v) is 9.12. The summed E-state index contributed by atoms with van der Waals surface area (Å²) in [6.07, 6.45) is 3.15. The zero-order valence-corrected chi connectivity index (χ0v) is 16.2. The molecule has 0 amide bonds. The summed E-state index contributed by atoms with van der Waals surface area (Å²) in [6.45, 7) is 4.05. The number of pyridine rings is 1. The van der Waals surface area contributed by atoms with Gasteiger partial charge in [0.15, 0.2) is 0 Å². The van der Waals surface area contributed by atoms with Crippen molar-refractivity contribution in [1.29, 1.82) is 0 Å². The fraction of sp³-hybridized carbons (Fsp3) is 0.200. The third-order valence-corrected chi connectivity index (χ3v) is 4.88. The molecule has 0 spiro atoms. The monoisotopic (exact) mass is 411 g/mol. The minimum atomic E-state index is -0.538. The molecule has 30 heavy (non-hydrogen) atoms. The van der Waals surface area contributed by atoms with E-state index in [2.05, 4.69) is 32.2 Å². The minimum absolute atomic E-state index is 0.0865. The summed E-state index contributed by atoms with van der Waals surface area (Å²) in [7, 11) is 1.70. The Morgan fingerprint density at radius 2 is 2.10 bits per heavy atom. The van der Waals surface area contributed by atoms with Crippen LogP contribution >= 0.6 is 0 Å². The van der Waals surface area contributed by atoms with Crippen molar-refractivity contribution < 1.29 is 13.5 Å². The van der Waals surface area contributed by atoms with Crippen molar-refractivity contribution >= 4 is 18.4 Å². The first kappa shape index (κ1) is 19.5. The van der Waals surface area contributed by atoms with Gasteiger partial charge in [-0.1, -0.05) is 0 Å². The maximum Gasteiger partial charge on any atom is 0.226 e. The Labute approximate surface area is 170 Å². The predicted molar refractivity (Wildman–Crippen MR) is 109 cm³/mol. The molecule has 154 valence electrons. The molecule has 0 aliphatic carbocycles. The first-order chi connectivity index (χ1) is 14.5. The maximum absolute atomic E-state index is 14.4. The van der Waals surface area contributed by atoms with E-state index < -0.39 is 5.82 Å². The number of fused-ring (bicyclic) bond motifs is 1. The van der Waals surface area contributed by atoms with E-state index in [-0.39, 0.29) is 18.2 Å². The van der Waals surface area contributed by atoms with Gasteiger partial charge in [0.05, 0.1) is 19.3 Å². The zero-order valence-electron chi connectivity index (χ0n) is 16.2. The third kappa shape index (κ3) is 3.47. The van der Waals surface area contributed by atoms with Crippen LogP contribution in [0.15, 0.2) is 40.7 Å². The summed E-state index contributed by atoms with van der Waals surface area (Å²) in [6, 6.07) is 4.26. The van der Waals surface area contributed by atoms with Crippen molar-refractivity contribution in [2.24, 2.45) is 17.1 Å². The van der Waals surface area contributed by atoms with E-state index in [1.54, 1.807) is 17.7 Å². The highest BCUT2D eigenvalue weighted by atomic mass is 19.1. The van der Waals surface area contributed by atoms with Gasteiger partial charge in [-0.2, -0.15) is 5.10 Å². The molecule has 8 nitrogen and oxygen atoms in total. The molecule has 10 heteroatoms. The van der Waals surface area contributed by atoms with Crippen LogP contribution in [0.5, 0.6) is 5.75 Å². The Bertz CT molecular complexity index is 1210. The quantitative estimate of drug-likeness (QED) is 0.496. The molecule has 2 aromatic heterocycles. The number of anilines is 2. The molecule has 1 aliphatic rings. The van der Waals surface area contributed by atoms with Gasteiger partial charge in [-0.15, -0.1) is 0 Å². The molecule has 0 fully saturated rings. The largest absolute Gasteiger partial charge is 0.493 e. The maximum atomic E-state index is 14.4. The lowest BCUT2D eigenvalue weighted by Crippen LogP contribution is -2.25. The van der Waals surface area contributed by atoms with Crippen molar-refractivity contribution in [2.75, 3.05) is 17.8 Å². The number of hydrogen-bond acceptors (Lipinski definition) is 7. The van der Waals surface area contributed by atoms with E-state index in [9.17, 15) is 8.78 Å². The highest BCUT2D eigenvalue weighted by molar-refractivity contribution is 5.81. The second-order valence-corrected chi connectivity index (χ2v) is 6.65. The van der Waals surface area contributed by atoms with Crippen LogP contribution in [0.4, 0.5) is 20.4 Å². The van der Waals surface area contributed by atoms with Crippen molar-refractivity contribution in [3.63, 3.8) is 0 Å². The minimum Gasteiger partial charge on any atom is -0.493 e. The number of rotatable bonds is 5. The molecule has 0 bridgehead atoms. The standard InChI is InChI=1S/C20H19F2N7O/c1-24-28-19-15(13-7-11(21)8-25-18(13)23)10-27-20(29(19)2)26-9-14-12-5-6-30-17(12)4-3-16(14)22/h3-4,7-8,10,28H,1,5-6,9H2,2H3,(H2,23,25). The van der Waals surface area contributed by atoms with Gasteiger partial charge in [0, 0.05) is 48.6 Å². The Kier molecular flexibility index (Phi) is 5.13. The number of benzene rings is 1. The number of hydrogen-bond donors (Lipinski definition) is 2. The van der Waals surface area contributed by atoms with E-state index in [1.165, 1.54) is 18.3 Å². The van der Waals surface area contributed by atoms with Crippen LogP contribution in [-0.2, 0) is 20.0 Å². The number of nitrogens with one attached hydrogen (secondary N) is 1. The second-order valence-electron chi connectivity index (χ2n) is 6.65.